The highest BCUT2D eigenvalue weighted by Crippen LogP contribution is 2.25. The molecule has 6 heteroatoms. The third-order valence-electron chi connectivity index (χ3n) is 4.31. The van der Waals surface area contributed by atoms with Crippen LogP contribution in [0, 0.1) is 6.92 Å². The number of likely N-dealkylation sites (tertiary alicyclic amines) is 1. The van der Waals surface area contributed by atoms with Crippen LogP contribution in [0.4, 0.5) is 0 Å². The van der Waals surface area contributed by atoms with Crippen LogP contribution in [0.1, 0.15) is 11.4 Å². The van der Waals surface area contributed by atoms with Crippen molar-refractivity contribution in [3.05, 3.63) is 66.0 Å². The van der Waals surface area contributed by atoms with Gasteiger partial charge in [0.25, 0.3) is 5.89 Å². The first kappa shape index (κ1) is 16.3. The van der Waals surface area contributed by atoms with Gasteiger partial charge in [0.15, 0.2) is 5.82 Å². The number of hydrogen-bond donors (Lipinski definition) is 0. The molecule has 1 fully saturated rings. The molecule has 4 rings (SSSR count). The number of ether oxygens (including phenoxy) is 1. The minimum Gasteiger partial charge on any atom is -0.487 e. The van der Waals surface area contributed by atoms with E-state index in [2.05, 4.69) is 10.1 Å². The minimum absolute atomic E-state index is 0.00870. The maximum atomic E-state index is 12.3. The van der Waals surface area contributed by atoms with Gasteiger partial charge in [-0.05, 0) is 30.7 Å². The van der Waals surface area contributed by atoms with E-state index < -0.39 is 0 Å². The molecular formula is C20H19N3O3. The van der Waals surface area contributed by atoms with Crippen LogP contribution in [0.2, 0.25) is 0 Å². The monoisotopic (exact) mass is 349 g/mol. The van der Waals surface area contributed by atoms with Crippen LogP contribution >= 0.6 is 0 Å². The standard InChI is InChI=1S/C20H19N3O3/c1-14-21-20(26-22-14)16-8-5-9-17(11-16)25-18-12-23(13-18)19(24)10-15-6-3-2-4-7-15/h2-9,11,18H,10,12-13H2,1H3. The lowest BCUT2D eigenvalue weighted by Gasteiger charge is -2.39. The zero-order valence-electron chi connectivity index (χ0n) is 14.5. The van der Waals surface area contributed by atoms with Gasteiger partial charge in [-0.3, -0.25) is 4.79 Å². The normalized spacial score (nSPS) is 14.1. The summed E-state index contributed by atoms with van der Waals surface area (Å²) < 4.78 is 11.2. The van der Waals surface area contributed by atoms with E-state index in [4.69, 9.17) is 9.26 Å². The smallest absolute Gasteiger partial charge is 0.258 e. The van der Waals surface area contributed by atoms with Crippen molar-refractivity contribution in [3.8, 4) is 17.2 Å². The number of benzene rings is 2. The van der Waals surface area contributed by atoms with Crippen molar-refractivity contribution < 1.29 is 14.1 Å². The SMILES string of the molecule is Cc1noc(-c2cccc(OC3CN(C(=O)Cc4ccccc4)C3)c2)n1. The van der Waals surface area contributed by atoms with Gasteiger partial charge in [-0.2, -0.15) is 4.98 Å². The zero-order valence-corrected chi connectivity index (χ0v) is 14.5. The van der Waals surface area contributed by atoms with Gasteiger partial charge >= 0.3 is 0 Å². The van der Waals surface area contributed by atoms with Crippen molar-refractivity contribution in [1.29, 1.82) is 0 Å². The summed E-state index contributed by atoms with van der Waals surface area (Å²) in [5.41, 5.74) is 1.85. The van der Waals surface area contributed by atoms with E-state index in [1.54, 1.807) is 6.92 Å². The average molecular weight is 349 g/mol. The summed E-state index contributed by atoms with van der Waals surface area (Å²) >= 11 is 0. The fourth-order valence-electron chi connectivity index (χ4n) is 2.91. The maximum absolute atomic E-state index is 12.3. The third kappa shape index (κ3) is 3.59. The fourth-order valence-corrected chi connectivity index (χ4v) is 2.91. The highest BCUT2D eigenvalue weighted by Gasteiger charge is 2.32. The maximum Gasteiger partial charge on any atom is 0.258 e. The molecule has 1 amide bonds. The van der Waals surface area contributed by atoms with Gasteiger partial charge in [-0.1, -0.05) is 41.6 Å². The molecule has 0 bridgehead atoms. The Labute approximate surface area is 151 Å². The Balaban J connectivity index is 1.32. The number of aryl methyl sites for hydroxylation is 1. The number of aromatic nitrogens is 2. The molecule has 132 valence electrons. The van der Waals surface area contributed by atoms with Crippen molar-refractivity contribution in [2.45, 2.75) is 19.4 Å². The van der Waals surface area contributed by atoms with E-state index in [1.807, 2.05) is 59.5 Å². The molecule has 0 spiro atoms. The second-order valence-electron chi connectivity index (χ2n) is 6.38. The first-order valence-corrected chi connectivity index (χ1v) is 8.56. The molecule has 6 nitrogen and oxygen atoms in total. The molecule has 0 radical (unpaired) electrons. The molecule has 0 aliphatic carbocycles. The summed E-state index contributed by atoms with van der Waals surface area (Å²) in [5, 5.41) is 3.80. The molecule has 26 heavy (non-hydrogen) atoms. The van der Waals surface area contributed by atoms with Crippen LogP contribution in [-0.4, -0.2) is 40.1 Å². The van der Waals surface area contributed by atoms with E-state index in [-0.39, 0.29) is 12.0 Å². The first-order valence-electron chi connectivity index (χ1n) is 8.56. The molecule has 1 aliphatic heterocycles. The summed E-state index contributed by atoms with van der Waals surface area (Å²) in [7, 11) is 0. The lowest BCUT2D eigenvalue weighted by Crippen LogP contribution is -2.56. The molecule has 0 atom stereocenters. The van der Waals surface area contributed by atoms with Crippen molar-refractivity contribution in [2.24, 2.45) is 0 Å². The predicted octanol–water partition coefficient (Wildman–Crippen LogP) is 2.88. The highest BCUT2D eigenvalue weighted by atomic mass is 16.5. The molecule has 0 saturated carbocycles. The van der Waals surface area contributed by atoms with E-state index in [0.717, 1.165) is 16.9 Å². The lowest BCUT2D eigenvalue weighted by atomic mass is 10.1. The predicted molar refractivity (Wildman–Crippen MR) is 95.6 cm³/mol. The molecule has 1 aromatic heterocycles. The Morgan fingerprint density at radius 3 is 2.73 bits per heavy atom. The van der Waals surface area contributed by atoms with E-state index in [9.17, 15) is 4.79 Å². The van der Waals surface area contributed by atoms with E-state index in [0.29, 0.717) is 31.2 Å². The number of nitrogens with zero attached hydrogens (tertiary/aromatic N) is 3. The Hall–Kier alpha value is -3.15. The van der Waals surface area contributed by atoms with Crippen LogP contribution in [0.5, 0.6) is 5.75 Å². The lowest BCUT2D eigenvalue weighted by molar-refractivity contribution is -0.139. The van der Waals surface area contributed by atoms with Crippen molar-refractivity contribution >= 4 is 5.91 Å². The van der Waals surface area contributed by atoms with Crippen LogP contribution in [0.3, 0.4) is 0 Å². The van der Waals surface area contributed by atoms with Gasteiger partial charge in [-0.15, -0.1) is 0 Å². The van der Waals surface area contributed by atoms with Crippen LogP contribution < -0.4 is 4.74 Å². The average Bonchev–Trinajstić information content (AvgIpc) is 3.05. The zero-order chi connectivity index (χ0) is 17.9. The van der Waals surface area contributed by atoms with Gasteiger partial charge in [0, 0.05) is 5.56 Å². The summed E-state index contributed by atoms with van der Waals surface area (Å²) in [4.78, 5) is 18.3. The van der Waals surface area contributed by atoms with Crippen molar-refractivity contribution in [1.82, 2.24) is 15.0 Å². The van der Waals surface area contributed by atoms with Gasteiger partial charge in [0.1, 0.15) is 11.9 Å². The topological polar surface area (TPSA) is 68.5 Å². The van der Waals surface area contributed by atoms with Crippen molar-refractivity contribution in [3.63, 3.8) is 0 Å². The van der Waals surface area contributed by atoms with Crippen molar-refractivity contribution in [2.75, 3.05) is 13.1 Å². The number of carbonyl (C=O) groups excluding carboxylic acids is 1. The molecule has 1 saturated heterocycles. The molecule has 1 aliphatic rings. The van der Waals surface area contributed by atoms with Crippen LogP contribution in [0.15, 0.2) is 59.1 Å². The number of carbonyl (C=O) groups is 1. The Kier molecular flexibility index (Phi) is 4.39. The summed E-state index contributed by atoms with van der Waals surface area (Å²) in [6.45, 7) is 2.99. The summed E-state index contributed by atoms with van der Waals surface area (Å²) in [5.74, 6) is 1.93. The molecule has 2 aromatic carbocycles. The second kappa shape index (κ2) is 7.00. The van der Waals surface area contributed by atoms with Gasteiger partial charge in [-0.25, -0.2) is 0 Å². The second-order valence-corrected chi connectivity index (χ2v) is 6.38. The molecule has 2 heterocycles. The number of rotatable bonds is 5. The quantitative estimate of drug-likeness (QED) is 0.708. The van der Waals surface area contributed by atoms with E-state index in [1.165, 1.54) is 0 Å². The molecule has 0 unspecified atom stereocenters. The third-order valence-corrected chi connectivity index (χ3v) is 4.31. The first-order chi connectivity index (χ1) is 12.7. The summed E-state index contributed by atoms with van der Waals surface area (Å²) in [6, 6.07) is 17.3. The van der Waals surface area contributed by atoms with Crippen LogP contribution in [0.25, 0.3) is 11.5 Å². The fraction of sp³-hybridized carbons (Fsp3) is 0.250. The number of amides is 1. The van der Waals surface area contributed by atoms with Gasteiger partial charge < -0.3 is 14.2 Å². The van der Waals surface area contributed by atoms with Gasteiger partial charge in [0.2, 0.25) is 5.91 Å². The molecular weight excluding hydrogens is 330 g/mol. The highest BCUT2D eigenvalue weighted by molar-refractivity contribution is 5.79. The summed E-state index contributed by atoms with van der Waals surface area (Å²) in [6.07, 6.45) is 0.439. The van der Waals surface area contributed by atoms with Crippen LogP contribution in [-0.2, 0) is 11.2 Å². The van der Waals surface area contributed by atoms with E-state index >= 15 is 0 Å². The Morgan fingerprint density at radius 2 is 2.00 bits per heavy atom. The molecule has 0 N–H and O–H groups in total. The minimum atomic E-state index is 0.00870. The van der Waals surface area contributed by atoms with Gasteiger partial charge in [0.05, 0.1) is 19.5 Å². The number of hydrogen-bond acceptors (Lipinski definition) is 5. The Bertz CT molecular complexity index is 901. The largest absolute Gasteiger partial charge is 0.487 e. The molecule has 3 aromatic rings. The Morgan fingerprint density at radius 1 is 1.19 bits per heavy atom.